The highest BCUT2D eigenvalue weighted by molar-refractivity contribution is 5.18. The number of pyridine rings is 1. The summed E-state index contributed by atoms with van der Waals surface area (Å²) in [6, 6.07) is 3.94. The molecule has 1 saturated heterocycles. The quantitative estimate of drug-likeness (QED) is 0.817. The highest BCUT2D eigenvalue weighted by atomic mass is 16.6. The van der Waals surface area contributed by atoms with E-state index in [1.54, 1.807) is 6.20 Å². The maximum Gasteiger partial charge on any atom is 0.0963 e. The van der Waals surface area contributed by atoms with Crippen LogP contribution in [-0.4, -0.2) is 37.0 Å². The van der Waals surface area contributed by atoms with Crippen LogP contribution in [0.3, 0.4) is 0 Å². The van der Waals surface area contributed by atoms with E-state index in [1.807, 2.05) is 19.1 Å². The SMILES string of the molecule is Cc1cccnc1CC(N)C1COCCO1. The van der Waals surface area contributed by atoms with Crippen molar-refractivity contribution in [3.63, 3.8) is 0 Å². The molecular formula is C12H18N2O2. The lowest BCUT2D eigenvalue weighted by atomic mass is 10.0. The van der Waals surface area contributed by atoms with Crippen molar-refractivity contribution in [3.05, 3.63) is 29.6 Å². The van der Waals surface area contributed by atoms with Gasteiger partial charge in [-0.1, -0.05) is 6.07 Å². The molecule has 2 heterocycles. The van der Waals surface area contributed by atoms with Crippen molar-refractivity contribution < 1.29 is 9.47 Å². The molecule has 4 heteroatoms. The highest BCUT2D eigenvalue weighted by Gasteiger charge is 2.22. The summed E-state index contributed by atoms with van der Waals surface area (Å²) in [5.74, 6) is 0. The van der Waals surface area contributed by atoms with E-state index in [4.69, 9.17) is 15.2 Å². The van der Waals surface area contributed by atoms with Gasteiger partial charge in [0.1, 0.15) is 0 Å². The van der Waals surface area contributed by atoms with E-state index in [-0.39, 0.29) is 12.1 Å². The second kappa shape index (κ2) is 5.39. The maximum atomic E-state index is 6.10. The molecule has 1 aliphatic heterocycles. The Morgan fingerprint density at radius 1 is 1.56 bits per heavy atom. The molecule has 2 atom stereocenters. The zero-order chi connectivity index (χ0) is 11.4. The molecule has 0 bridgehead atoms. The van der Waals surface area contributed by atoms with Crippen LogP contribution in [0.25, 0.3) is 0 Å². The summed E-state index contributed by atoms with van der Waals surface area (Å²) in [7, 11) is 0. The average Bonchev–Trinajstić information content (AvgIpc) is 2.33. The maximum absolute atomic E-state index is 6.10. The molecule has 2 unspecified atom stereocenters. The summed E-state index contributed by atoms with van der Waals surface area (Å²) in [5, 5.41) is 0. The van der Waals surface area contributed by atoms with Crippen LogP contribution in [0.5, 0.6) is 0 Å². The van der Waals surface area contributed by atoms with Crippen molar-refractivity contribution >= 4 is 0 Å². The van der Waals surface area contributed by atoms with Gasteiger partial charge in [-0.25, -0.2) is 0 Å². The molecule has 0 aliphatic carbocycles. The van der Waals surface area contributed by atoms with Crippen LogP contribution in [0.15, 0.2) is 18.3 Å². The molecule has 0 aromatic carbocycles. The van der Waals surface area contributed by atoms with Gasteiger partial charge < -0.3 is 15.2 Å². The molecule has 0 radical (unpaired) electrons. The molecule has 0 spiro atoms. The van der Waals surface area contributed by atoms with E-state index in [1.165, 1.54) is 5.56 Å². The zero-order valence-electron chi connectivity index (χ0n) is 9.56. The Hall–Kier alpha value is -0.970. The molecule has 2 rings (SSSR count). The van der Waals surface area contributed by atoms with Gasteiger partial charge in [-0.15, -0.1) is 0 Å². The van der Waals surface area contributed by atoms with Crippen molar-refractivity contribution in [3.8, 4) is 0 Å². The van der Waals surface area contributed by atoms with Gasteiger partial charge in [0.2, 0.25) is 0 Å². The molecule has 88 valence electrons. The zero-order valence-corrected chi connectivity index (χ0v) is 9.56. The van der Waals surface area contributed by atoms with Gasteiger partial charge in [0.05, 0.1) is 25.9 Å². The molecule has 1 fully saturated rings. The van der Waals surface area contributed by atoms with Gasteiger partial charge in [-0.2, -0.15) is 0 Å². The summed E-state index contributed by atoms with van der Waals surface area (Å²) >= 11 is 0. The van der Waals surface area contributed by atoms with Gasteiger partial charge in [-0.05, 0) is 18.6 Å². The summed E-state index contributed by atoms with van der Waals surface area (Å²) in [4.78, 5) is 4.34. The van der Waals surface area contributed by atoms with Crippen LogP contribution in [0.4, 0.5) is 0 Å². The third-order valence-corrected chi connectivity index (χ3v) is 2.87. The van der Waals surface area contributed by atoms with Crippen LogP contribution in [0.1, 0.15) is 11.3 Å². The van der Waals surface area contributed by atoms with E-state index in [9.17, 15) is 0 Å². The van der Waals surface area contributed by atoms with E-state index >= 15 is 0 Å². The second-order valence-corrected chi connectivity index (χ2v) is 4.12. The predicted molar refractivity (Wildman–Crippen MR) is 61.2 cm³/mol. The molecule has 2 N–H and O–H groups in total. The summed E-state index contributed by atoms with van der Waals surface area (Å²) in [6.07, 6.45) is 2.53. The number of rotatable bonds is 3. The Kier molecular flexibility index (Phi) is 3.88. The average molecular weight is 222 g/mol. The Morgan fingerprint density at radius 3 is 3.12 bits per heavy atom. The number of nitrogens with zero attached hydrogens (tertiary/aromatic N) is 1. The summed E-state index contributed by atoms with van der Waals surface area (Å²) in [5.41, 5.74) is 8.33. The minimum atomic E-state index is -0.0473. The Morgan fingerprint density at radius 2 is 2.44 bits per heavy atom. The Balaban J connectivity index is 1.96. The van der Waals surface area contributed by atoms with E-state index in [2.05, 4.69) is 4.98 Å². The Labute approximate surface area is 95.8 Å². The number of ether oxygens (including phenoxy) is 2. The lowest BCUT2D eigenvalue weighted by Gasteiger charge is -2.28. The standard InChI is InChI=1S/C12H18N2O2/c1-9-3-2-4-14-11(9)7-10(13)12-8-15-5-6-16-12/h2-4,10,12H,5-8,13H2,1H3. The fraction of sp³-hybridized carbons (Fsp3) is 0.583. The third-order valence-electron chi connectivity index (χ3n) is 2.87. The number of hydrogen-bond donors (Lipinski definition) is 1. The van der Waals surface area contributed by atoms with Crippen LogP contribution < -0.4 is 5.73 Å². The first-order valence-corrected chi connectivity index (χ1v) is 5.63. The number of nitrogens with two attached hydrogens (primary N) is 1. The minimum Gasteiger partial charge on any atom is -0.376 e. The fourth-order valence-corrected chi connectivity index (χ4v) is 1.84. The fourth-order valence-electron chi connectivity index (χ4n) is 1.84. The topological polar surface area (TPSA) is 57.4 Å². The normalized spacial score (nSPS) is 23.0. The molecular weight excluding hydrogens is 204 g/mol. The van der Waals surface area contributed by atoms with E-state index < -0.39 is 0 Å². The third kappa shape index (κ3) is 2.78. The molecule has 1 aromatic rings. The number of aromatic nitrogens is 1. The van der Waals surface area contributed by atoms with Gasteiger partial charge >= 0.3 is 0 Å². The van der Waals surface area contributed by atoms with E-state index in [0.717, 1.165) is 12.1 Å². The molecule has 4 nitrogen and oxygen atoms in total. The number of aryl methyl sites for hydroxylation is 1. The Bertz CT molecular complexity index is 338. The molecule has 1 aromatic heterocycles. The van der Waals surface area contributed by atoms with Gasteiger partial charge in [0.15, 0.2) is 0 Å². The first-order valence-electron chi connectivity index (χ1n) is 5.63. The smallest absolute Gasteiger partial charge is 0.0963 e. The van der Waals surface area contributed by atoms with E-state index in [0.29, 0.717) is 19.8 Å². The molecule has 0 amide bonds. The van der Waals surface area contributed by atoms with Crippen LogP contribution in [0.2, 0.25) is 0 Å². The molecule has 0 saturated carbocycles. The van der Waals surface area contributed by atoms with Crippen molar-refractivity contribution in [2.75, 3.05) is 19.8 Å². The monoisotopic (exact) mass is 222 g/mol. The largest absolute Gasteiger partial charge is 0.376 e. The second-order valence-electron chi connectivity index (χ2n) is 4.12. The molecule has 1 aliphatic rings. The number of hydrogen-bond acceptors (Lipinski definition) is 4. The van der Waals surface area contributed by atoms with Gasteiger partial charge in [-0.3, -0.25) is 4.98 Å². The van der Waals surface area contributed by atoms with Crippen molar-refractivity contribution in [2.45, 2.75) is 25.5 Å². The van der Waals surface area contributed by atoms with Crippen LogP contribution in [-0.2, 0) is 15.9 Å². The van der Waals surface area contributed by atoms with Crippen molar-refractivity contribution in [1.82, 2.24) is 4.98 Å². The lowest BCUT2D eigenvalue weighted by molar-refractivity contribution is -0.0968. The van der Waals surface area contributed by atoms with Crippen LogP contribution in [0, 0.1) is 6.92 Å². The molecule has 16 heavy (non-hydrogen) atoms. The first kappa shape index (κ1) is 11.5. The predicted octanol–water partition coefficient (Wildman–Crippen LogP) is 0.675. The highest BCUT2D eigenvalue weighted by Crippen LogP contribution is 2.11. The van der Waals surface area contributed by atoms with Crippen molar-refractivity contribution in [2.24, 2.45) is 5.73 Å². The summed E-state index contributed by atoms with van der Waals surface area (Å²) in [6.45, 7) is 3.95. The lowest BCUT2D eigenvalue weighted by Crippen LogP contribution is -2.45. The van der Waals surface area contributed by atoms with Gasteiger partial charge in [0, 0.05) is 24.4 Å². The first-order chi connectivity index (χ1) is 7.77. The van der Waals surface area contributed by atoms with Crippen LogP contribution >= 0.6 is 0 Å². The van der Waals surface area contributed by atoms with Crippen molar-refractivity contribution in [1.29, 1.82) is 0 Å². The summed E-state index contributed by atoms with van der Waals surface area (Å²) < 4.78 is 10.9. The minimum absolute atomic E-state index is 0.00449. The van der Waals surface area contributed by atoms with Gasteiger partial charge in [0.25, 0.3) is 0 Å².